The quantitative estimate of drug-likeness (QED) is 0.691. The number of nitrogens with zero attached hydrogens (tertiary/aromatic N) is 1. The van der Waals surface area contributed by atoms with Crippen molar-refractivity contribution in [3.8, 4) is 5.75 Å². The minimum Gasteiger partial charge on any atom is -0.495 e. The molecule has 0 spiro atoms. The van der Waals surface area contributed by atoms with Gasteiger partial charge in [0, 0.05) is 11.1 Å². The van der Waals surface area contributed by atoms with Gasteiger partial charge in [-0.05, 0) is 24.3 Å². The Balaban J connectivity index is 2.22. The first-order valence-electron chi connectivity index (χ1n) is 5.40. The summed E-state index contributed by atoms with van der Waals surface area (Å²) in [5.74, 6) is -0.00234. The lowest BCUT2D eigenvalue weighted by Gasteiger charge is -2.09. The summed E-state index contributed by atoms with van der Waals surface area (Å²) in [7, 11) is 1.47. The Bertz CT molecular complexity index is 671. The minimum absolute atomic E-state index is 0.0896. The van der Waals surface area contributed by atoms with Crippen LogP contribution in [0.25, 0.3) is 0 Å². The lowest BCUT2D eigenvalue weighted by atomic mass is 10.3. The molecule has 0 radical (unpaired) electrons. The van der Waals surface area contributed by atoms with Gasteiger partial charge in [-0.25, -0.2) is 0 Å². The second kappa shape index (κ2) is 5.89. The number of rotatable bonds is 4. The fourth-order valence-electron chi connectivity index (χ4n) is 1.51. The van der Waals surface area contributed by atoms with Crippen LogP contribution in [-0.4, -0.2) is 17.9 Å². The highest BCUT2D eigenvalue weighted by Crippen LogP contribution is 2.30. The molecule has 0 saturated carbocycles. The monoisotopic (exact) mass is 312 g/mol. The molecule has 20 heavy (non-hydrogen) atoms. The van der Waals surface area contributed by atoms with Gasteiger partial charge < -0.3 is 10.1 Å². The van der Waals surface area contributed by atoms with Crippen LogP contribution in [-0.2, 0) is 0 Å². The molecular formula is C12H9ClN2O4S. The van der Waals surface area contributed by atoms with Gasteiger partial charge in [0.2, 0.25) is 0 Å². The molecule has 0 aliphatic heterocycles. The zero-order valence-corrected chi connectivity index (χ0v) is 11.8. The molecule has 6 nitrogen and oxygen atoms in total. The largest absolute Gasteiger partial charge is 0.495 e. The van der Waals surface area contributed by atoms with E-state index in [0.717, 1.165) is 11.3 Å². The number of anilines is 1. The van der Waals surface area contributed by atoms with Crippen LogP contribution < -0.4 is 10.1 Å². The van der Waals surface area contributed by atoms with Crippen LogP contribution >= 0.6 is 22.9 Å². The van der Waals surface area contributed by atoms with E-state index in [-0.39, 0.29) is 9.88 Å². The molecule has 0 aliphatic carbocycles. The van der Waals surface area contributed by atoms with E-state index >= 15 is 0 Å². The zero-order chi connectivity index (χ0) is 14.7. The summed E-state index contributed by atoms with van der Waals surface area (Å²) in [5, 5.41) is 13.6. The average Bonchev–Trinajstić information content (AvgIpc) is 2.89. The minimum atomic E-state index is -0.540. The number of hydrogen-bond donors (Lipinski definition) is 1. The Kier molecular flexibility index (Phi) is 4.21. The maximum absolute atomic E-state index is 12.0. The molecular weight excluding hydrogens is 304 g/mol. The second-order valence-electron chi connectivity index (χ2n) is 3.69. The Hall–Kier alpha value is -2.12. The molecule has 2 aromatic rings. The first kappa shape index (κ1) is 14.3. The van der Waals surface area contributed by atoms with Gasteiger partial charge in [0.15, 0.2) is 0 Å². The molecule has 2 rings (SSSR count). The highest BCUT2D eigenvalue weighted by molar-refractivity contribution is 7.17. The standard InChI is InChI=1S/C12H9ClN2O4S/c1-19-9-3-2-7(13)6-8(9)14-12(16)10-4-5-11(20-10)15(17)18/h2-6H,1H3,(H,14,16). The van der Waals surface area contributed by atoms with Gasteiger partial charge in [0.05, 0.1) is 22.6 Å². The van der Waals surface area contributed by atoms with Crippen molar-refractivity contribution >= 4 is 39.5 Å². The first-order valence-corrected chi connectivity index (χ1v) is 6.60. The van der Waals surface area contributed by atoms with Crippen molar-refractivity contribution in [1.29, 1.82) is 0 Å². The molecule has 0 unspecified atom stereocenters. The van der Waals surface area contributed by atoms with Crippen molar-refractivity contribution in [3.63, 3.8) is 0 Å². The van der Waals surface area contributed by atoms with Gasteiger partial charge in [-0.2, -0.15) is 0 Å². The number of thiophene rings is 1. The molecule has 1 amide bonds. The van der Waals surface area contributed by atoms with E-state index < -0.39 is 10.8 Å². The van der Waals surface area contributed by atoms with Crippen molar-refractivity contribution in [2.24, 2.45) is 0 Å². The number of carbonyl (C=O) groups excluding carboxylic acids is 1. The number of halogens is 1. The van der Waals surface area contributed by atoms with E-state index in [1.165, 1.54) is 19.2 Å². The third kappa shape index (κ3) is 3.06. The maximum Gasteiger partial charge on any atom is 0.324 e. The Labute approximate surface area is 123 Å². The zero-order valence-electron chi connectivity index (χ0n) is 10.3. The van der Waals surface area contributed by atoms with E-state index in [1.54, 1.807) is 18.2 Å². The van der Waals surface area contributed by atoms with E-state index in [2.05, 4.69) is 5.32 Å². The maximum atomic E-state index is 12.0. The van der Waals surface area contributed by atoms with Gasteiger partial charge >= 0.3 is 5.00 Å². The van der Waals surface area contributed by atoms with Gasteiger partial charge in [0.1, 0.15) is 5.75 Å². The number of methoxy groups -OCH3 is 1. The summed E-state index contributed by atoms with van der Waals surface area (Å²) >= 11 is 6.66. The number of carbonyl (C=O) groups is 1. The summed E-state index contributed by atoms with van der Waals surface area (Å²) < 4.78 is 5.10. The van der Waals surface area contributed by atoms with Crippen LogP contribution in [0, 0.1) is 10.1 Å². The fraction of sp³-hybridized carbons (Fsp3) is 0.0833. The topological polar surface area (TPSA) is 81.5 Å². The van der Waals surface area contributed by atoms with Crippen molar-refractivity contribution in [2.45, 2.75) is 0 Å². The van der Waals surface area contributed by atoms with E-state index in [0.29, 0.717) is 16.5 Å². The van der Waals surface area contributed by atoms with Gasteiger partial charge in [-0.3, -0.25) is 14.9 Å². The molecule has 0 atom stereocenters. The fourth-order valence-corrected chi connectivity index (χ4v) is 2.40. The van der Waals surface area contributed by atoms with E-state index in [4.69, 9.17) is 16.3 Å². The normalized spacial score (nSPS) is 10.1. The van der Waals surface area contributed by atoms with Crippen molar-refractivity contribution < 1.29 is 14.5 Å². The molecule has 1 aromatic carbocycles. The number of benzene rings is 1. The molecule has 1 heterocycles. The third-order valence-corrected chi connectivity index (χ3v) is 3.68. The predicted molar refractivity (Wildman–Crippen MR) is 76.9 cm³/mol. The first-order chi connectivity index (χ1) is 9.51. The molecule has 8 heteroatoms. The van der Waals surface area contributed by atoms with Crippen LogP contribution in [0.15, 0.2) is 30.3 Å². The van der Waals surface area contributed by atoms with Gasteiger partial charge in [0.25, 0.3) is 5.91 Å². The molecule has 0 saturated heterocycles. The summed E-state index contributed by atoms with van der Waals surface area (Å²) in [6, 6.07) is 7.48. The molecule has 0 fully saturated rings. The molecule has 1 N–H and O–H groups in total. The Morgan fingerprint density at radius 1 is 1.40 bits per heavy atom. The number of hydrogen-bond acceptors (Lipinski definition) is 5. The molecule has 104 valence electrons. The van der Waals surface area contributed by atoms with Crippen molar-refractivity contribution in [3.05, 3.63) is 50.3 Å². The van der Waals surface area contributed by atoms with Crippen LogP contribution in [0.5, 0.6) is 5.75 Å². The van der Waals surface area contributed by atoms with Crippen LogP contribution in [0.3, 0.4) is 0 Å². The lowest BCUT2D eigenvalue weighted by Crippen LogP contribution is -2.11. The average molecular weight is 313 g/mol. The molecule has 1 aromatic heterocycles. The molecule has 0 aliphatic rings. The van der Waals surface area contributed by atoms with Crippen molar-refractivity contribution in [2.75, 3.05) is 12.4 Å². The van der Waals surface area contributed by atoms with Crippen molar-refractivity contribution in [1.82, 2.24) is 0 Å². The van der Waals surface area contributed by atoms with Gasteiger partial charge in [-0.15, -0.1) is 0 Å². The lowest BCUT2D eigenvalue weighted by molar-refractivity contribution is -0.380. The third-order valence-electron chi connectivity index (χ3n) is 2.41. The Morgan fingerprint density at radius 2 is 2.15 bits per heavy atom. The number of ether oxygens (including phenoxy) is 1. The summed E-state index contributed by atoms with van der Waals surface area (Å²) in [6.45, 7) is 0. The number of nitrogens with one attached hydrogen (secondary N) is 1. The highest BCUT2D eigenvalue weighted by atomic mass is 35.5. The highest BCUT2D eigenvalue weighted by Gasteiger charge is 2.16. The smallest absolute Gasteiger partial charge is 0.324 e. The predicted octanol–water partition coefficient (Wildman–Crippen LogP) is 3.57. The van der Waals surface area contributed by atoms with Gasteiger partial charge in [-0.1, -0.05) is 22.9 Å². The van der Waals surface area contributed by atoms with E-state index in [9.17, 15) is 14.9 Å². The summed E-state index contributed by atoms with van der Waals surface area (Å²) in [4.78, 5) is 22.3. The SMILES string of the molecule is COc1ccc(Cl)cc1NC(=O)c1ccc([N+](=O)[O-])s1. The Morgan fingerprint density at radius 3 is 2.75 bits per heavy atom. The van der Waals surface area contributed by atoms with Crippen LogP contribution in [0.1, 0.15) is 9.67 Å². The van der Waals surface area contributed by atoms with E-state index in [1.807, 2.05) is 0 Å². The number of nitro groups is 1. The number of amides is 1. The second-order valence-corrected chi connectivity index (χ2v) is 5.19. The van der Waals surface area contributed by atoms with Crippen LogP contribution in [0.2, 0.25) is 5.02 Å². The summed E-state index contributed by atoms with van der Waals surface area (Å²) in [6.07, 6.45) is 0. The molecule has 0 bridgehead atoms. The van der Waals surface area contributed by atoms with Crippen LogP contribution in [0.4, 0.5) is 10.7 Å². The summed E-state index contributed by atoms with van der Waals surface area (Å²) in [5.41, 5.74) is 0.404.